The number of rotatable bonds is 3. The zero-order valence-electron chi connectivity index (χ0n) is 11.0. The third-order valence-electron chi connectivity index (χ3n) is 3.25. The number of hydrogen-bond acceptors (Lipinski definition) is 6. The normalized spacial score (nSPS) is 18.7. The van der Waals surface area contributed by atoms with E-state index in [0.717, 1.165) is 44.1 Å². The number of nitrogens with two attached hydrogens (primary N) is 1. The van der Waals surface area contributed by atoms with E-state index < -0.39 is 5.60 Å². The first-order valence-electron chi connectivity index (χ1n) is 6.36. The predicted molar refractivity (Wildman–Crippen MR) is 72.7 cm³/mol. The van der Waals surface area contributed by atoms with E-state index in [-0.39, 0.29) is 5.95 Å². The Labute approximate surface area is 107 Å². The van der Waals surface area contributed by atoms with Crippen molar-refractivity contribution in [2.24, 2.45) is 0 Å². The molecule has 2 rings (SSSR count). The van der Waals surface area contributed by atoms with Gasteiger partial charge in [-0.1, -0.05) is 0 Å². The fourth-order valence-electron chi connectivity index (χ4n) is 2.10. The summed E-state index contributed by atoms with van der Waals surface area (Å²) in [7, 11) is 0. The lowest BCUT2D eigenvalue weighted by Crippen LogP contribution is -2.42. The summed E-state index contributed by atoms with van der Waals surface area (Å²) in [6.45, 7) is 6.26. The van der Waals surface area contributed by atoms with Crippen LogP contribution in [0.3, 0.4) is 0 Å². The Morgan fingerprint density at radius 3 is 2.72 bits per heavy atom. The van der Waals surface area contributed by atoms with E-state index in [1.807, 2.05) is 19.9 Å². The first-order valence-corrected chi connectivity index (χ1v) is 6.36. The zero-order chi connectivity index (χ0) is 13.2. The highest BCUT2D eigenvalue weighted by atomic mass is 16.3. The van der Waals surface area contributed by atoms with Crippen molar-refractivity contribution in [2.45, 2.75) is 32.3 Å². The molecule has 1 aliphatic heterocycles. The minimum Gasteiger partial charge on any atom is -0.390 e. The number of piperidine rings is 1. The Morgan fingerprint density at radius 2 is 2.11 bits per heavy atom. The summed E-state index contributed by atoms with van der Waals surface area (Å²) in [5, 5.41) is 13.1. The fraction of sp³-hybridized carbons (Fsp3) is 0.667. The summed E-state index contributed by atoms with van der Waals surface area (Å²) in [5.74, 6) is 1.85. The lowest BCUT2D eigenvalue weighted by molar-refractivity contribution is 0.0350. The Balaban J connectivity index is 2.13. The number of anilines is 3. The van der Waals surface area contributed by atoms with E-state index in [1.165, 1.54) is 0 Å². The van der Waals surface area contributed by atoms with Gasteiger partial charge in [0.05, 0.1) is 5.60 Å². The summed E-state index contributed by atoms with van der Waals surface area (Å²) < 4.78 is 0. The molecule has 1 fully saturated rings. The van der Waals surface area contributed by atoms with Gasteiger partial charge in [0.1, 0.15) is 11.6 Å². The Morgan fingerprint density at radius 1 is 1.44 bits per heavy atom. The van der Waals surface area contributed by atoms with E-state index >= 15 is 0 Å². The van der Waals surface area contributed by atoms with Crippen molar-refractivity contribution in [3.8, 4) is 0 Å². The average Bonchev–Trinajstić information content (AvgIpc) is 2.28. The van der Waals surface area contributed by atoms with Gasteiger partial charge in [-0.05, 0) is 26.7 Å². The molecule has 6 nitrogen and oxygen atoms in total. The second kappa shape index (κ2) is 4.97. The molecule has 0 aromatic carbocycles. The Bertz CT molecular complexity index is 411. The molecule has 6 heteroatoms. The molecular formula is C12H21N5O. The smallest absolute Gasteiger partial charge is 0.223 e. The summed E-state index contributed by atoms with van der Waals surface area (Å²) in [6, 6.07) is 1.90. The molecule has 0 bridgehead atoms. The molecule has 1 aliphatic rings. The van der Waals surface area contributed by atoms with Gasteiger partial charge in [0, 0.05) is 25.7 Å². The minimum absolute atomic E-state index is 0.279. The highest BCUT2D eigenvalue weighted by Crippen LogP contribution is 2.26. The van der Waals surface area contributed by atoms with Crippen molar-refractivity contribution < 1.29 is 5.11 Å². The molecule has 1 aromatic rings. The van der Waals surface area contributed by atoms with Crippen LogP contribution in [0.2, 0.25) is 0 Å². The third kappa shape index (κ3) is 3.01. The molecule has 1 saturated heterocycles. The molecule has 0 unspecified atom stereocenters. The second-order valence-electron chi connectivity index (χ2n) is 4.98. The molecule has 0 saturated carbocycles. The first-order chi connectivity index (χ1) is 8.50. The monoisotopic (exact) mass is 251 g/mol. The van der Waals surface area contributed by atoms with Crippen LogP contribution in [0.1, 0.15) is 26.7 Å². The largest absolute Gasteiger partial charge is 0.390 e. The molecule has 4 N–H and O–H groups in total. The van der Waals surface area contributed by atoms with Gasteiger partial charge in [-0.3, -0.25) is 0 Å². The summed E-state index contributed by atoms with van der Waals surface area (Å²) in [5.41, 5.74) is 5.16. The van der Waals surface area contributed by atoms with Crippen LogP contribution in [0.25, 0.3) is 0 Å². The number of nitrogen functional groups attached to an aromatic ring is 1. The number of aliphatic hydroxyl groups is 1. The van der Waals surface area contributed by atoms with Crippen LogP contribution in [0.4, 0.5) is 17.6 Å². The lowest BCUT2D eigenvalue weighted by Gasteiger charge is -2.36. The summed E-state index contributed by atoms with van der Waals surface area (Å²) in [6.07, 6.45) is 1.49. The van der Waals surface area contributed by atoms with Crippen molar-refractivity contribution in [3.05, 3.63) is 6.07 Å². The number of nitrogens with one attached hydrogen (secondary N) is 1. The van der Waals surface area contributed by atoms with Crippen molar-refractivity contribution >= 4 is 17.6 Å². The predicted octanol–water partition coefficient (Wildman–Crippen LogP) is 0.842. The van der Waals surface area contributed by atoms with E-state index in [4.69, 9.17) is 5.73 Å². The quantitative estimate of drug-likeness (QED) is 0.738. The van der Waals surface area contributed by atoms with Gasteiger partial charge in [-0.2, -0.15) is 9.97 Å². The standard InChI is InChI=1S/C12H21N5O/c1-3-14-9-8-10(16-11(13)15-9)17-6-4-12(2,18)5-7-17/h8,18H,3-7H2,1-2H3,(H3,13,14,15,16). The third-order valence-corrected chi connectivity index (χ3v) is 3.25. The maximum Gasteiger partial charge on any atom is 0.223 e. The van der Waals surface area contributed by atoms with E-state index in [9.17, 15) is 5.11 Å². The molecule has 0 radical (unpaired) electrons. The van der Waals surface area contributed by atoms with Gasteiger partial charge in [0.2, 0.25) is 5.95 Å². The SMILES string of the molecule is CCNc1cc(N2CCC(C)(O)CC2)nc(N)n1. The van der Waals surface area contributed by atoms with E-state index in [1.54, 1.807) is 0 Å². The van der Waals surface area contributed by atoms with Crippen LogP contribution >= 0.6 is 0 Å². The van der Waals surface area contributed by atoms with Gasteiger partial charge in [0.15, 0.2) is 0 Å². The Kier molecular flexibility index (Phi) is 3.56. The highest BCUT2D eigenvalue weighted by Gasteiger charge is 2.28. The van der Waals surface area contributed by atoms with E-state index in [2.05, 4.69) is 20.2 Å². The number of aromatic nitrogens is 2. The van der Waals surface area contributed by atoms with Crippen molar-refractivity contribution in [1.82, 2.24) is 9.97 Å². The molecule has 18 heavy (non-hydrogen) atoms. The maximum atomic E-state index is 9.94. The van der Waals surface area contributed by atoms with E-state index in [0.29, 0.717) is 0 Å². The van der Waals surface area contributed by atoms with Gasteiger partial charge in [-0.25, -0.2) is 0 Å². The fourth-order valence-corrected chi connectivity index (χ4v) is 2.10. The molecule has 2 heterocycles. The first kappa shape index (κ1) is 12.9. The summed E-state index contributed by atoms with van der Waals surface area (Å²) >= 11 is 0. The minimum atomic E-state index is -0.556. The van der Waals surface area contributed by atoms with Crippen molar-refractivity contribution in [2.75, 3.05) is 35.6 Å². The molecule has 0 spiro atoms. The average molecular weight is 251 g/mol. The van der Waals surface area contributed by atoms with Crippen molar-refractivity contribution in [1.29, 1.82) is 0 Å². The molecule has 0 amide bonds. The van der Waals surface area contributed by atoms with Crippen LogP contribution < -0.4 is 16.0 Å². The second-order valence-corrected chi connectivity index (χ2v) is 4.98. The zero-order valence-corrected chi connectivity index (χ0v) is 11.0. The summed E-state index contributed by atoms with van der Waals surface area (Å²) in [4.78, 5) is 10.5. The van der Waals surface area contributed by atoms with Gasteiger partial charge < -0.3 is 21.1 Å². The van der Waals surface area contributed by atoms with Crippen LogP contribution in [0.5, 0.6) is 0 Å². The lowest BCUT2D eigenvalue weighted by atomic mass is 9.94. The van der Waals surface area contributed by atoms with Crippen LogP contribution in [-0.2, 0) is 0 Å². The molecule has 100 valence electrons. The van der Waals surface area contributed by atoms with Gasteiger partial charge in [0.25, 0.3) is 0 Å². The molecule has 1 aromatic heterocycles. The number of hydrogen-bond donors (Lipinski definition) is 3. The molecule has 0 atom stereocenters. The van der Waals surface area contributed by atoms with Crippen LogP contribution in [0.15, 0.2) is 6.07 Å². The Hall–Kier alpha value is -1.56. The van der Waals surface area contributed by atoms with Crippen molar-refractivity contribution in [3.63, 3.8) is 0 Å². The maximum absolute atomic E-state index is 9.94. The van der Waals surface area contributed by atoms with Crippen LogP contribution in [0, 0.1) is 0 Å². The molecule has 0 aliphatic carbocycles. The van der Waals surface area contributed by atoms with Gasteiger partial charge >= 0.3 is 0 Å². The van der Waals surface area contributed by atoms with Crippen LogP contribution in [-0.4, -0.2) is 40.3 Å². The topological polar surface area (TPSA) is 87.3 Å². The number of nitrogens with zero attached hydrogens (tertiary/aromatic N) is 3. The highest BCUT2D eigenvalue weighted by molar-refractivity contribution is 5.52. The van der Waals surface area contributed by atoms with Gasteiger partial charge in [-0.15, -0.1) is 0 Å². The molecular weight excluding hydrogens is 230 g/mol.